The quantitative estimate of drug-likeness (QED) is 0.841. The van der Waals surface area contributed by atoms with Crippen molar-refractivity contribution in [1.29, 1.82) is 0 Å². The molecule has 2 heterocycles. The maximum absolute atomic E-state index is 11.8. The molecule has 1 fully saturated rings. The van der Waals surface area contributed by atoms with E-state index in [1.807, 2.05) is 0 Å². The number of halogens is 1. The van der Waals surface area contributed by atoms with Gasteiger partial charge in [-0.15, -0.1) is 0 Å². The van der Waals surface area contributed by atoms with Crippen LogP contribution in [0.2, 0.25) is 0 Å². The number of hydrogen-bond acceptors (Lipinski definition) is 4. The zero-order valence-electron chi connectivity index (χ0n) is 8.78. The van der Waals surface area contributed by atoms with Crippen molar-refractivity contribution in [3.05, 3.63) is 22.8 Å². The molecular weight excluding hydrogens is 272 g/mol. The molecule has 16 heavy (non-hydrogen) atoms. The van der Waals surface area contributed by atoms with Gasteiger partial charge in [0, 0.05) is 16.7 Å². The summed E-state index contributed by atoms with van der Waals surface area (Å²) in [5.41, 5.74) is 0. The Balaban J connectivity index is 1.93. The molecule has 0 amide bonds. The maximum atomic E-state index is 11.8. The first-order valence-electron chi connectivity index (χ1n) is 5.29. The molecule has 1 aliphatic heterocycles. The highest BCUT2D eigenvalue weighted by atomic mass is 79.9. The monoisotopic (exact) mass is 284 g/mol. The van der Waals surface area contributed by atoms with Gasteiger partial charge in [-0.25, -0.2) is 4.98 Å². The fraction of sp³-hybridized carbons (Fsp3) is 0.455. The lowest BCUT2D eigenvalue weighted by Crippen LogP contribution is -2.33. The van der Waals surface area contributed by atoms with E-state index >= 15 is 0 Å². The van der Waals surface area contributed by atoms with E-state index in [1.165, 1.54) is 0 Å². The first-order valence-corrected chi connectivity index (χ1v) is 6.09. The zero-order valence-corrected chi connectivity index (χ0v) is 10.4. The second-order valence-electron chi connectivity index (χ2n) is 3.76. The van der Waals surface area contributed by atoms with Crippen LogP contribution in [0.15, 0.2) is 22.8 Å². The van der Waals surface area contributed by atoms with Crippen molar-refractivity contribution in [3.63, 3.8) is 0 Å². The molecule has 0 bridgehead atoms. The molecule has 86 valence electrons. The first-order chi connectivity index (χ1) is 7.75. The van der Waals surface area contributed by atoms with E-state index in [0.29, 0.717) is 5.88 Å². The van der Waals surface area contributed by atoms with Crippen LogP contribution in [0, 0.1) is 5.92 Å². The lowest BCUT2D eigenvalue weighted by molar-refractivity contribution is -0.140. The molecule has 2 rings (SSSR count). The van der Waals surface area contributed by atoms with Crippen molar-refractivity contribution in [2.24, 2.45) is 5.92 Å². The molecule has 1 aromatic heterocycles. The summed E-state index contributed by atoms with van der Waals surface area (Å²) in [5.74, 6) is 0.203. The minimum absolute atomic E-state index is 0.00620. The molecule has 1 saturated heterocycles. The number of nitrogens with one attached hydrogen (secondary N) is 1. The van der Waals surface area contributed by atoms with Gasteiger partial charge in [-0.3, -0.25) is 4.79 Å². The van der Waals surface area contributed by atoms with Gasteiger partial charge in [-0.05, 0) is 47.9 Å². The van der Waals surface area contributed by atoms with E-state index in [-0.39, 0.29) is 11.9 Å². The van der Waals surface area contributed by atoms with Gasteiger partial charge in [-0.2, -0.15) is 0 Å². The third-order valence-corrected chi connectivity index (χ3v) is 3.05. The Bertz CT molecular complexity index is 361. The Morgan fingerprint density at radius 1 is 1.44 bits per heavy atom. The number of hydrogen-bond donors (Lipinski definition) is 1. The van der Waals surface area contributed by atoms with E-state index in [1.54, 1.807) is 18.3 Å². The normalized spacial score (nSPS) is 17.1. The van der Waals surface area contributed by atoms with E-state index in [0.717, 1.165) is 30.4 Å². The average Bonchev–Trinajstić information content (AvgIpc) is 2.33. The molecule has 0 aromatic carbocycles. The maximum Gasteiger partial charge on any atom is 0.315 e. The number of esters is 1. The average molecular weight is 285 g/mol. The van der Waals surface area contributed by atoms with Crippen molar-refractivity contribution in [2.75, 3.05) is 13.1 Å². The number of ether oxygens (including phenoxy) is 1. The number of carbonyl (C=O) groups excluding carboxylic acids is 1. The van der Waals surface area contributed by atoms with Crippen molar-refractivity contribution in [2.45, 2.75) is 12.8 Å². The van der Waals surface area contributed by atoms with E-state index in [4.69, 9.17) is 4.74 Å². The number of carbonyl (C=O) groups is 1. The molecule has 0 unspecified atom stereocenters. The Morgan fingerprint density at radius 3 is 2.81 bits per heavy atom. The van der Waals surface area contributed by atoms with Crippen LogP contribution >= 0.6 is 15.9 Å². The fourth-order valence-electron chi connectivity index (χ4n) is 1.67. The number of piperidine rings is 1. The largest absolute Gasteiger partial charge is 0.407 e. The molecule has 0 radical (unpaired) electrons. The standard InChI is InChI=1S/C11H13BrN2O2/c12-9-1-2-10(14-7-9)16-11(15)8-3-5-13-6-4-8/h1-2,7-8,13H,3-6H2. The smallest absolute Gasteiger partial charge is 0.315 e. The van der Waals surface area contributed by atoms with Crippen LogP contribution < -0.4 is 10.1 Å². The molecule has 0 aliphatic carbocycles. The van der Waals surface area contributed by atoms with Gasteiger partial charge >= 0.3 is 5.97 Å². The van der Waals surface area contributed by atoms with Gasteiger partial charge in [0.25, 0.3) is 0 Å². The molecular formula is C11H13BrN2O2. The summed E-state index contributed by atoms with van der Waals surface area (Å²) in [7, 11) is 0. The highest BCUT2D eigenvalue weighted by molar-refractivity contribution is 9.10. The Labute approximate surface area is 103 Å². The molecule has 1 aromatic rings. The van der Waals surface area contributed by atoms with Crippen molar-refractivity contribution in [3.8, 4) is 5.88 Å². The highest BCUT2D eigenvalue weighted by Crippen LogP contribution is 2.17. The van der Waals surface area contributed by atoms with Crippen LogP contribution in [-0.4, -0.2) is 24.0 Å². The van der Waals surface area contributed by atoms with E-state index in [2.05, 4.69) is 26.2 Å². The van der Waals surface area contributed by atoms with Crippen molar-refractivity contribution < 1.29 is 9.53 Å². The Hall–Kier alpha value is -0.940. The molecule has 0 atom stereocenters. The second-order valence-corrected chi connectivity index (χ2v) is 4.68. The van der Waals surface area contributed by atoms with Gasteiger partial charge in [0.15, 0.2) is 0 Å². The van der Waals surface area contributed by atoms with Crippen LogP contribution in [0.1, 0.15) is 12.8 Å². The lowest BCUT2D eigenvalue weighted by Gasteiger charge is -2.20. The summed E-state index contributed by atoms with van der Waals surface area (Å²) in [6.07, 6.45) is 3.30. The topological polar surface area (TPSA) is 51.2 Å². The summed E-state index contributed by atoms with van der Waals surface area (Å²) in [5, 5.41) is 3.21. The summed E-state index contributed by atoms with van der Waals surface area (Å²) in [6.45, 7) is 1.76. The van der Waals surface area contributed by atoms with Crippen LogP contribution in [0.25, 0.3) is 0 Å². The van der Waals surface area contributed by atoms with Crippen molar-refractivity contribution in [1.82, 2.24) is 10.3 Å². The minimum atomic E-state index is -0.170. The lowest BCUT2D eigenvalue weighted by atomic mass is 9.99. The summed E-state index contributed by atoms with van der Waals surface area (Å²) in [6, 6.07) is 3.49. The Kier molecular flexibility index (Phi) is 3.90. The zero-order chi connectivity index (χ0) is 11.4. The van der Waals surface area contributed by atoms with Crippen LogP contribution in [-0.2, 0) is 4.79 Å². The second kappa shape index (κ2) is 5.41. The van der Waals surface area contributed by atoms with E-state index < -0.39 is 0 Å². The fourth-order valence-corrected chi connectivity index (χ4v) is 1.90. The molecule has 0 spiro atoms. The van der Waals surface area contributed by atoms with Gasteiger partial charge < -0.3 is 10.1 Å². The highest BCUT2D eigenvalue weighted by Gasteiger charge is 2.22. The predicted molar refractivity (Wildman–Crippen MR) is 63.2 cm³/mol. The predicted octanol–water partition coefficient (Wildman–Crippen LogP) is 1.75. The molecule has 0 saturated carbocycles. The van der Waals surface area contributed by atoms with Crippen LogP contribution in [0.5, 0.6) is 5.88 Å². The Morgan fingerprint density at radius 2 is 2.19 bits per heavy atom. The molecule has 5 heteroatoms. The first kappa shape index (κ1) is 11.5. The van der Waals surface area contributed by atoms with Crippen LogP contribution in [0.3, 0.4) is 0 Å². The number of rotatable bonds is 2. The molecule has 1 aliphatic rings. The van der Waals surface area contributed by atoms with Gasteiger partial charge in [0.05, 0.1) is 5.92 Å². The third kappa shape index (κ3) is 3.02. The van der Waals surface area contributed by atoms with Gasteiger partial charge in [0.1, 0.15) is 0 Å². The number of nitrogens with zero attached hydrogens (tertiary/aromatic N) is 1. The van der Waals surface area contributed by atoms with Gasteiger partial charge in [0.2, 0.25) is 5.88 Å². The molecule has 1 N–H and O–H groups in total. The molecule has 4 nitrogen and oxygen atoms in total. The number of aromatic nitrogens is 1. The summed E-state index contributed by atoms with van der Waals surface area (Å²) < 4.78 is 6.08. The van der Waals surface area contributed by atoms with Crippen LogP contribution in [0.4, 0.5) is 0 Å². The van der Waals surface area contributed by atoms with E-state index in [9.17, 15) is 4.79 Å². The van der Waals surface area contributed by atoms with Crippen molar-refractivity contribution >= 4 is 21.9 Å². The van der Waals surface area contributed by atoms with Gasteiger partial charge in [-0.1, -0.05) is 0 Å². The minimum Gasteiger partial charge on any atom is -0.407 e. The third-order valence-electron chi connectivity index (χ3n) is 2.58. The summed E-state index contributed by atoms with van der Waals surface area (Å²) in [4.78, 5) is 15.8. The number of pyridine rings is 1. The SMILES string of the molecule is O=C(Oc1ccc(Br)cn1)C1CCNCC1. The summed E-state index contributed by atoms with van der Waals surface area (Å²) >= 11 is 3.28.